The zero-order valence-corrected chi connectivity index (χ0v) is 12.7. The molecule has 1 saturated carbocycles. The van der Waals surface area contributed by atoms with Gasteiger partial charge in [0.2, 0.25) is 5.92 Å². The van der Waals surface area contributed by atoms with Crippen molar-refractivity contribution in [3.8, 4) is 11.8 Å². The van der Waals surface area contributed by atoms with Gasteiger partial charge in [-0.3, -0.25) is 0 Å². The van der Waals surface area contributed by atoms with E-state index in [1.165, 1.54) is 12.1 Å². The average Bonchev–Trinajstić information content (AvgIpc) is 2.55. The largest absolute Gasteiger partial charge is 0.248 e. The van der Waals surface area contributed by atoms with E-state index in [2.05, 4.69) is 11.8 Å². The topological polar surface area (TPSA) is 0 Å². The van der Waals surface area contributed by atoms with Gasteiger partial charge in [0.25, 0.3) is 0 Å². The SMILES string of the molecule is Fc1ccc(C#Cc2ccc(C3CCC(F)(F)CC3)cc2)cc1. The minimum atomic E-state index is -2.49. The summed E-state index contributed by atoms with van der Waals surface area (Å²) < 4.78 is 39.2. The smallest absolute Gasteiger partial charge is 0.207 e. The third-order valence-corrected chi connectivity index (χ3v) is 4.29. The summed E-state index contributed by atoms with van der Waals surface area (Å²) >= 11 is 0. The molecular formula is C20H17F3. The highest BCUT2D eigenvalue weighted by molar-refractivity contribution is 5.43. The lowest BCUT2D eigenvalue weighted by Gasteiger charge is -2.28. The summed E-state index contributed by atoms with van der Waals surface area (Å²) in [5, 5.41) is 0. The molecule has 118 valence electrons. The fourth-order valence-electron chi connectivity index (χ4n) is 2.89. The van der Waals surface area contributed by atoms with Crippen molar-refractivity contribution in [2.24, 2.45) is 0 Å². The summed E-state index contributed by atoms with van der Waals surface area (Å²) in [5.41, 5.74) is 2.72. The van der Waals surface area contributed by atoms with Gasteiger partial charge in [-0.25, -0.2) is 13.2 Å². The number of hydrogen-bond acceptors (Lipinski definition) is 0. The molecule has 0 bridgehead atoms. The van der Waals surface area contributed by atoms with E-state index in [-0.39, 0.29) is 24.6 Å². The molecule has 0 spiro atoms. The van der Waals surface area contributed by atoms with Crippen LogP contribution in [0.2, 0.25) is 0 Å². The standard InChI is InChI=1S/C20H17F3/c21-19-9-5-16(6-10-19)2-1-15-3-7-17(8-4-15)18-11-13-20(22,23)14-12-18/h3-10,18H,11-14H2. The number of benzene rings is 2. The van der Waals surface area contributed by atoms with Crippen molar-refractivity contribution in [2.45, 2.75) is 37.5 Å². The van der Waals surface area contributed by atoms with Crippen molar-refractivity contribution in [2.75, 3.05) is 0 Å². The lowest BCUT2D eigenvalue weighted by Crippen LogP contribution is -2.23. The molecule has 0 heterocycles. The van der Waals surface area contributed by atoms with E-state index < -0.39 is 5.92 Å². The van der Waals surface area contributed by atoms with Gasteiger partial charge in [0.05, 0.1) is 0 Å². The Morgan fingerprint density at radius 3 is 1.78 bits per heavy atom. The van der Waals surface area contributed by atoms with Crippen molar-refractivity contribution < 1.29 is 13.2 Å². The Hall–Kier alpha value is -2.21. The van der Waals surface area contributed by atoms with Gasteiger partial charge in [-0.05, 0) is 60.7 Å². The number of hydrogen-bond donors (Lipinski definition) is 0. The normalized spacial score (nSPS) is 17.3. The van der Waals surface area contributed by atoms with E-state index >= 15 is 0 Å². The molecule has 0 amide bonds. The van der Waals surface area contributed by atoms with Crippen LogP contribution in [0.15, 0.2) is 48.5 Å². The third kappa shape index (κ3) is 4.16. The molecule has 0 nitrogen and oxygen atoms in total. The van der Waals surface area contributed by atoms with Crippen LogP contribution in [0.25, 0.3) is 0 Å². The van der Waals surface area contributed by atoms with Crippen LogP contribution in [0.3, 0.4) is 0 Å². The predicted molar refractivity (Wildman–Crippen MR) is 85.0 cm³/mol. The summed E-state index contributed by atoms with van der Waals surface area (Å²) in [7, 11) is 0. The number of halogens is 3. The monoisotopic (exact) mass is 314 g/mol. The lowest BCUT2D eigenvalue weighted by atomic mass is 9.82. The first kappa shape index (κ1) is 15.7. The van der Waals surface area contributed by atoms with Crippen LogP contribution in [0.4, 0.5) is 13.2 Å². The van der Waals surface area contributed by atoms with E-state index in [4.69, 9.17) is 0 Å². The second kappa shape index (κ2) is 6.50. The van der Waals surface area contributed by atoms with Crippen LogP contribution in [-0.2, 0) is 0 Å². The Kier molecular flexibility index (Phi) is 4.43. The minimum Gasteiger partial charge on any atom is -0.207 e. The second-order valence-corrected chi connectivity index (χ2v) is 6.01. The van der Waals surface area contributed by atoms with Gasteiger partial charge in [-0.15, -0.1) is 0 Å². The van der Waals surface area contributed by atoms with E-state index in [9.17, 15) is 13.2 Å². The van der Waals surface area contributed by atoms with Gasteiger partial charge in [-0.2, -0.15) is 0 Å². The third-order valence-electron chi connectivity index (χ3n) is 4.29. The van der Waals surface area contributed by atoms with Gasteiger partial charge in [-0.1, -0.05) is 24.0 Å². The molecule has 3 rings (SSSR count). The Morgan fingerprint density at radius 2 is 1.26 bits per heavy atom. The summed E-state index contributed by atoms with van der Waals surface area (Å²) in [5.74, 6) is 3.46. The van der Waals surface area contributed by atoms with Crippen LogP contribution in [0, 0.1) is 17.7 Å². The molecule has 0 saturated heterocycles. The molecular weight excluding hydrogens is 297 g/mol. The predicted octanol–water partition coefficient (Wildman–Crippen LogP) is 5.52. The Labute approximate surface area is 134 Å². The molecule has 1 aliphatic rings. The molecule has 0 aromatic heterocycles. The van der Waals surface area contributed by atoms with Crippen LogP contribution in [0.5, 0.6) is 0 Å². The van der Waals surface area contributed by atoms with Crippen molar-refractivity contribution in [3.63, 3.8) is 0 Å². The summed E-state index contributed by atoms with van der Waals surface area (Å²) in [6, 6.07) is 13.8. The van der Waals surface area contributed by atoms with E-state index in [1.54, 1.807) is 12.1 Å². The second-order valence-electron chi connectivity index (χ2n) is 6.01. The average molecular weight is 314 g/mol. The van der Waals surface area contributed by atoms with Gasteiger partial charge in [0.1, 0.15) is 5.82 Å². The molecule has 0 atom stereocenters. The zero-order chi connectivity index (χ0) is 16.3. The summed E-state index contributed by atoms with van der Waals surface area (Å²) in [6.07, 6.45) is 1.02. The highest BCUT2D eigenvalue weighted by Gasteiger charge is 2.35. The molecule has 0 aliphatic heterocycles. The van der Waals surface area contributed by atoms with Gasteiger partial charge >= 0.3 is 0 Å². The zero-order valence-electron chi connectivity index (χ0n) is 12.7. The summed E-state index contributed by atoms with van der Waals surface area (Å²) in [4.78, 5) is 0. The van der Waals surface area contributed by atoms with Gasteiger partial charge in [0, 0.05) is 24.0 Å². The Balaban J connectivity index is 1.67. The first-order valence-electron chi connectivity index (χ1n) is 7.77. The van der Waals surface area contributed by atoms with E-state index in [0.717, 1.165) is 16.7 Å². The molecule has 0 N–H and O–H groups in total. The lowest BCUT2D eigenvalue weighted by molar-refractivity contribution is -0.0382. The summed E-state index contributed by atoms with van der Waals surface area (Å²) in [6.45, 7) is 0. The maximum Gasteiger partial charge on any atom is 0.248 e. The number of rotatable bonds is 1. The van der Waals surface area contributed by atoms with Gasteiger partial charge < -0.3 is 0 Å². The maximum atomic E-state index is 13.2. The molecule has 0 radical (unpaired) electrons. The molecule has 1 fully saturated rings. The van der Waals surface area contributed by atoms with Crippen molar-refractivity contribution in [3.05, 3.63) is 71.0 Å². The van der Waals surface area contributed by atoms with Gasteiger partial charge in [0.15, 0.2) is 0 Å². The molecule has 2 aromatic carbocycles. The minimum absolute atomic E-state index is 0.0240. The number of alkyl halides is 2. The molecule has 1 aliphatic carbocycles. The fourth-order valence-corrected chi connectivity index (χ4v) is 2.89. The molecule has 2 aromatic rings. The highest BCUT2D eigenvalue weighted by atomic mass is 19.3. The van der Waals surface area contributed by atoms with Crippen molar-refractivity contribution >= 4 is 0 Å². The molecule has 23 heavy (non-hydrogen) atoms. The Bertz CT molecular complexity index is 708. The van der Waals surface area contributed by atoms with Crippen LogP contribution in [-0.4, -0.2) is 5.92 Å². The van der Waals surface area contributed by atoms with Crippen LogP contribution in [0.1, 0.15) is 48.3 Å². The first-order chi connectivity index (χ1) is 11.0. The van der Waals surface area contributed by atoms with E-state index in [1.807, 2.05) is 24.3 Å². The highest BCUT2D eigenvalue weighted by Crippen LogP contribution is 2.40. The maximum absolute atomic E-state index is 13.2. The van der Waals surface area contributed by atoms with Crippen molar-refractivity contribution in [1.29, 1.82) is 0 Å². The van der Waals surface area contributed by atoms with E-state index in [0.29, 0.717) is 12.8 Å². The van der Waals surface area contributed by atoms with Crippen LogP contribution >= 0.6 is 0 Å². The molecule has 3 heteroatoms. The van der Waals surface area contributed by atoms with Crippen molar-refractivity contribution in [1.82, 2.24) is 0 Å². The first-order valence-corrected chi connectivity index (χ1v) is 7.77. The Morgan fingerprint density at radius 1 is 0.783 bits per heavy atom. The quantitative estimate of drug-likeness (QED) is 0.608. The molecule has 0 unspecified atom stereocenters. The fraction of sp³-hybridized carbons (Fsp3) is 0.300. The van der Waals surface area contributed by atoms with Crippen LogP contribution < -0.4 is 0 Å².